The molecule has 0 aliphatic carbocycles. The molecule has 1 unspecified atom stereocenters. The van der Waals surface area contributed by atoms with Crippen LogP contribution < -0.4 is 0 Å². The summed E-state index contributed by atoms with van der Waals surface area (Å²) in [7, 11) is 0. The van der Waals surface area contributed by atoms with Crippen LogP contribution in [0.3, 0.4) is 0 Å². The zero-order valence-corrected chi connectivity index (χ0v) is 11.1. The van der Waals surface area contributed by atoms with Gasteiger partial charge in [-0.15, -0.1) is 0 Å². The molecule has 0 saturated carbocycles. The van der Waals surface area contributed by atoms with Gasteiger partial charge in [0.05, 0.1) is 5.92 Å². The largest absolute Gasteiger partial charge is 0.481 e. The Labute approximate surface area is 112 Å². The smallest absolute Gasteiger partial charge is 0.307 e. The number of halogens is 1. The van der Waals surface area contributed by atoms with Crippen molar-refractivity contribution in [2.45, 2.75) is 25.2 Å². The van der Waals surface area contributed by atoms with Gasteiger partial charge in [-0.1, -0.05) is 30.7 Å². The second-order valence-electron chi connectivity index (χ2n) is 4.84. The average Bonchev–Trinajstić information content (AvgIpc) is 2.39. The summed E-state index contributed by atoms with van der Waals surface area (Å²) < 4.78 is 5.38. The Hall–Kier alpha value is -1.06. The first-order valence-electron chi connectivity index (χ1n) is 6.13. The molecule has 3 nitrogen and oxygen atoms in total. The number of carboxylic acids is 1. The lowest BCUT2D eigenvalue weighted by atomic mass is 9.66. The van der Waals surface area contributed by atoms with Crippen LogP contribution in [0.4, 0.5) is 0 Å². The standard InChI is InChI=1S/C14H17ClO3/c1-10(13(16)17)14(6-8-18-9-7-14)11-2-4-12(15)5-3-11/h2-5,10H,6-9H2,1H3,(H,16,17). The Balaban J connectivity index is 2.41. The van der Waals surface area contributed by atoms with Crippen LogP contribution >= 0.6 is 11.6 Å². The van der Waals surface area contributed by atoms with Gasteiger partial charge < -0.3 is 9.84 Å². The van der Waals surface area contributed by atoms with Crippen LogP contribution in [0, 0.1) is 5.92 Å². The summed E-state index contributed by atoms with van der Waals surface area (Å²) >= 11 is 5.90. The molecule has 0 amide bonds. The lowest BCUT2D eigenvalue weighted by Gasteiger charge is -2.40. The van der Waals surface area contributed by atoms with E-state index in [1.54, 1.807) is 6.92 Å². The van der Waals surface area contributed by atoms with E-state index in [-0.39, 0.29) is 5.41 Å². The third-order valence-electron chi connectivity index (χ3n) is 4.00. The van der Waals surface area contributed by atoms with Crippen LogP contribution in [-0.4, -0.2) is 24.3 Å². The topological polar surface area (TPSA) is 46.5 Å². The number of ether oxygens (including phenoxy) is 1. The second kappa shape index (κ2) is 5.29. The predicted octanol–water partition coefficient (Wildman–Crippen LogP) is 3.11. The molecule has 0 aromatic heterocycles. The zero-order valence-electron chi connectivity index (χ0n) is 10.4. The van der Waals surface area contributed by atoms with Crippen LogP contribution in [0.25, 0.3) is 0 Å². The highest BCUT2D eigenvalue weighted by Gasteiger charge is 2.42. The van der Waals surface area contributed by atoms with Gasteiger partial charge in [0.1, 0.15) is 0 Å². The number of aliphatic carboxylic acids is 1. The fourth-order valence-electron chi connectivity index (χ4n) is 2.73. The van der Waals surface area contributed by atoms with Gasteiger partial charge in [0.25, 0.3) is 0 Å². The fraction of sp³-hybridized carbons (Fsp3) is 0.500. The van der Waals surface area contributed by atoms with E-state index in [0.29, 0.717) is 18.2 Å². The summed E-state index contributed by atoms with van der Waals surface area (Å²) in [5, 5.41) is 10.0. The molecule has 0 bridgehead atoms. The lowest BCUT2D eigenvalue weighted by Crippen LogP contribution is -2.43. The molecule has 1 heterocycles. The highest BCUT2D eigenvalue weighted by molar-refractivity contribution is 6.30. The Morgan fingerprint density at radius 1 is 1.33 bits per heavy atom. The molecule has 1 atom stereocenters. The number of carboxylic acid groups (broad SMARTS) is 1. The van der Waals surface area contributed by atoms with Crippen LogP contribution in [0.1, 0.15) is 25.3 Å². The third-order valence-corrected chi connectivity index (χ3v) is 4.26. The van der Waals surface area contributed by atoms with Crippen molar-refractivity contribution in [3.05, 3.63) is 34.9 Å². The van der Waals surface area contributed by atoms with Gasteiger partial charge in [0, 0.05) is 23.7 Å². The molecule has 0 radical (unpaired) electrons. The molecule has 1 N–H and O–H groups in total. The van der Waals surface area contributed by atoms with Gasteiger partial charge in [-0.2, -0.15) is 0 Å². The normalized spacial score (nSPS) is 20.3. The molecule has 98 valence electrons. The van der Waals surface area contributed by atoms with E-state index in [4.69, 9.17) is 16.3 Å². The molecule has 18 heavy (non-hydrogen) atoms. The van der Waals surface area contributed by atoms with Crippen molar-refractivity contribution in [2.75, 3.05) is 13.2 Å². The molecule has 4 heteroatoms. The first-order chi connectivity index (χ1) is 8.56. The van der Waals surface area contributed by atoms with E-state index in [1.807, 2.05) is 24.3 Å². The van der Waals surface area contributed by atoms with E-state index in [1.165, 1.54) is 0 Å². The highest BCUT2D eigenvalue weighted by atomic mass is 35.5. The summed E-state index contributed by atoms with van der Waals surface area (Å²) in [5.41, 5.74) is 0.708. The maximum absolute atomic E-state index is 11.4. The van der Waals surface area contributed by atoms with E-state index in [2.05, 4.69) is 0 Å². The highest BCUT2D eigenvalue weighted by Crippen LogP contribution is 2.41. The molecule has 1 saturated heterocycles. The van der Waals surface area contributed by atoms with E-state index in [0.717, 1.165) is 18.4 Å². The summed E-state index contributed by atoms with van der Waals surface area (Å²) in [6.45, 7) is 3.00. The van der Waals surface area contributed by atoms with E-state index < -0.39 is 11.9 Å². The van der Waals surface area contributed by atoms with Crippen LogP contribution in [0.2, 0.25) is 5.02 Å². The van der Waals surface area contributed by atoms with Crippen molar-refractivity contribution in [3.63, 3.8) is 0 Å². The van der Waals surface area contributed by atoms with Crippen LogP contribution in [-0.2, 0) is 14.9 Å². The molecule has 2 rings (SSSR count). The summed E-state index contributed by atoms with van der Waals surface area (Å²) in [6, 6.07) is 7.52. The second-order valence-corrected chi connectivity index (χ2v) is 5.27. The van der Waals surface area contributed by atoms with Gasteiger partial charge in [0.2, 0.25) is 0 Å². The Morgan fingerprint density at radius 3 is 2.39 bits per heavy atom. The summed E-state index contributed by atoms with van der Waals surface area (Å²) in [6.07, 6.45) is 1.48. The predicted molar refractivity (Wildman–Crippen MR) is 70.0 cm³/mol. The van der Waals surface area contributed by atoms with Gasteiger partial charge in [0.15, 0.2) is 0 Å². The lowest BCUT2D eigenvalue weighted by molar-refractivity contribution is -0.145. The Kier molecular flexibility index (Phi) is 3.93. The molecule has 1 aliphatic heterocycles. The number of benzene rings is 1. The van der Waals surface area contributed by atoms with E-state index in [9.17, 15) is 9.90 Å². The molecule has 1 fully saturated rings. The van der Waals surface area contributed by atoms with Crippen molar-refractivity contribution >= 4 is 17.6 Å². The number of hydrogen-bond donors (Lipinski definition) is 1. The fourth-order valence-corrected chi connectivity index (χ4v) is 2.85. The maximum atomic E-state index is 11.4. The SMILES string of the molecule is CC(C(=O)O)C1(c2ccc(Cl)cc2)CCOCC1. The van der Waals surface area contributed by atoms with Crippen molar-refractivity contribution < 1.29 is 14.6 Å². The minimum absolute atomic E-state index is 0.339. The van der Waals surface area contributed by atoms with Crippen LogP contribution in [0.5, 0.6) is 0 Å². The molecule has 1 aromatic rings. The minimum Gasteiger partial charge on any atom is -0.481 e. The van der Waals surface area contributed by atoms with Gasteiger partial charge >= 0.3 is 5.97 Å². The first kappa shape index (κ1) is 13.4. The number of rotatable bonds is 3. The van der Waals surface area contributed by atoms with Gasteiger partial charge in [-0.3, -0.25) is 4.79 Å². The molecule has 1 aliphatic rings. The number of carbonyl (C=O) groups is 1. The molecular weight excluding hydrogens is 252 g/mol. The molecule has 1 aromatic carbocycles. The van der Waals surface area contributed by atoms with Crippen molar-refractivity contribution in [2.24, 2.45) is 5.92 Å². The third kappa shape index (κ3) is 2.38. The maximum Gasteiger partial charge on any atom is 0.307 e. The summed E-state index contributed by atoms with van der Waals surface area (Å²) in [5.74, 6) is -1.19. The Bertz CT molecular complexity index is 421. The number of hydrogen-bond acceptors (Lipinski definition) is 2. The van der Waals surface area contributed by atoms with Crippen molar-refractivity contribution in [1.82, 2.24) is 0 Å². The quantitative estimate of drug-likeness (QED) is 0.916. The summed E-state index contributed by atoms with van der Waals surface area (Å²) in [4.78, 5) is 11.4. The monoisotopic (exact) mass is 268 g/mol. The molecule has 0 spiro atoms. The Morgan fingerprint density at radius 2 is 1.89 bits per heavy atom. The van der Waals surface area contributed by atoms with Crippen molar-refractivity contribution in [3.8, 4) is 0 Å². The first-order valence-corrected chi connectivity index (χ1v) is 6.51. The molecular formula is C14H17ClO3. The van der Waals surface area contributed by atoms with Gasteiger partial charge in [-0.25, -0.2) is 0 Å². The van der Waals surface area contributed by atoms with Crippen molar-refractivity contribution in [1.29, 1.82) is 0 Å². The average molecular weight is 269 g/mol. The minimum atomic E-state index is -0.758. The van der Waals surface area contributed by atoms with E-state index >= 15 is 0 Å². The van der Waals surface area contributed by atoms with Crippen LogP contribution in [0.15, 0.2) is 24.3 Å². The van der Waals surface area contributed by atoms with Gasteiger partial charge in [-0.05, 0) is 30.5 Å². The zero-order chi connectivity index (χ0) is 13.2.